The highest BCUT2D eigenvalue weighted by Gasteiger charge is 2.30. The Hall–Kier alpha value is -2.46. The predicted molar refractivity (Wildman–Crippen MR) is 98.4 cm³/mol. The molecule has 0 saturated carbocycles. The molecule has 1 saturated heterocycles. The summed E-state index contributed by atoms with van der Waals surface area (Å²) in [6.45, 7) is 4.57. The number of nitrogens with one attached hydrogen (secondary N) is 1. The Bertz CT molecular complexity index is 948. The van der Waals surface area contributed by atoms with Crippen LogP contribution in [0.2, 0.25) is 0 Å². The van der Waals surface area contributed by atoms with E-state index in [0.29, 0.717) is 5.69 Å². The van der Waals surface area contributed by atoms with Crippen LogP contribution in [0, 0.1) is 19.7 Å². The van der Waals surface area contributed by atoms with E-state index >= 15 is 0 Å². The number of anilines is 1. The molecule has 0 aliphatic carbocycles. The summed E-state index contributed by atoms with van der Waals surface area (Å²) in [5.74, 6) is -0.489. The van der Waals surface area contributed by atoms with Gasteiger partial charge >= 0.3 is 6.03 Å². The van der Waals surface area contributed by atoms with Crippen molar-refractivity contribution in [3.05, 3.63) is 41.5 Å². The lowest BCUT2D eigenvalue weighted by Gasteiger charge is -2.34. The van der Waals surface area contributed by atoms with Gasteiger partial charge in [-0.1, -0.05) is 0 Å². The van der Waals surface area contributed by atoms with Crippen molar-refractivity contribution in [1.82, 2.24) is 19.0 Å². The van der Waals surface area contributed by atoms with E-state index in [1.54, 1.807) is 16.6 Å². The largest absolute Gasteiger partial charge is 0.322 e. The number of piperazine rings is 1. The third-order valence-electron chi connectivity index (χ3n) is 4.72. The number of nitrogens with zero attached hydrogens (tertiary/aromatic N) is 4. The summed E-state index contributed by atoms with van der Waals surface area (Å²) in [6, 6.07) is 4.45. The van der Waals surface area contributed by atoms with Crippen molar-refractivity contribution < 1.29 is 17.6 Å². The maximum absolute atomic E-state index is 13.0. The Morgan fingerprint density at radius 2 is 1.70 bits per heavy atom. The van der Waals surface area contributed by atoms with Crippen LogP contribution in [-0.2, 0) is 17.1 Å². The molecule has 1 fully saturated rings. The van der Waals surface area contributed by atoms with Gasteiger partial charge in [0.05, 0.1) is 22.0 Å². The van der Waals surface area contributed by atoms with Crippen molar-refractivity contribution in [2.75, 3.05) is 31.5 Å². The zero-order valence-electron chi connectivity index (χ0n) is 15.4. The molecule has 1 N–H and O–H groups in total. The minimum absolute atomic E-state index is 0.0448. The molecule has 1 aliphatic heterocycles. The normalized spacial score (nSPS) is 15.8. The zero-order valence-corrected chi connectivity index (χ0v) is 16.3. The second kappa shape index (κ2) is 7.28. The highest BCUT2D eigenvalue weighted by molar-refractivity contribution is 7.89. The fourth-order valence-electron chi connectivity index (χ4n) is 3.03. The first-order valence-electron chi connectivity index (χ1n) is 8.52. The third kappa shape index (κ3) is 3.81. The van der Waals surface area contributed by atoms with Crippen molar-refractivity contribution in [1.29, 1.82) is 0 Å². The number of sulfonamides is 1. The summed E-state index contributed by atoms with van der Waals surface area (Å²) in [7, 11) is -1.90. The second-order valence-electron chi connectivity index (χ2n) is 6.44. The first-order chi connectivity index (χ1) is 12.7. The van der Waals surface area contributed by atoms with Gasteiger partial charge in [-0.05, 0) is 38.1 Å². The van der Waals surface area contributed by atoms with Gasteiger partial charge < -0.3 is 10.2 Å². The molecule has 0 spiro atoms. The Kier molecular flexibility index (Phi) is 5.20. The number of carbonyl (C=O) groups is 1. The summed E-state index contributed by atoms with van der Waals surface area (Å²) in [6.07, 6.45) is 0. The van der Waals surface area contributed by atoms with Gasteiger partial charge in [-0.25, -0.2) is 17.6 Å². The van der Waals surface area contributed by atoms with E-state index < -0.39 is 15.8 Å². The van der Waals surface area contributed by atoms with Crippen molar-refractivity contribution >= 4 is 21.7 Å². The number of carbonyl (C=O) groups excluding carboxylic acids is 1. The van der Waals surface area contributed by atoms with Crippen molar-refractivity contribution in [3.8, 4) is 0 Å². The Balaban J connectivity index is 1.64. The predicted octanol–water partition coefficient (Wildman–Crippen LogP) is 1.71. The average molecular weight is 395 g/mol. The number of rotatable bonds is 3. The molecule has 2 amide bonds. The molecular formula is C17H22FN5O3S. The highest BCUT2D eigenvalue weighted by Crippen LogP contribution is 2.21. The van der Waals surface area contributed by atoms with Crippen LogP contribution in [0.25, 0.3) is 0 Å². The molecule has 1 aromatic heterocycles. The van der Waals surface area contributed by atoms with Crippen LogP contribution in [0.15, 0.2) is 29.2 Å². The number of aromatic nitrogens is 2. The van der Waals surface area contributed by atoms with Gasteiger partial charge in [0, 0.05) is 33.2 Å². The van der Waals surface area contributed by atoms with Crippen LogP contribution in [0.3, 0.4) is 0 Å². The lowest BCUT2D eigenvalue weighted by atomic mass is 10.3. The van der Waals surface area contributed by atoms with Crippen LogP contribution >= 0.6 is 0 Å². The topological polar surface area (TPSA) is 87.5 Å². The minimum Gasteiger partial charge on any atom is -0.322 e. The summed E-state index contributed by atoms with van der Waals surface area (Å²) < 4.78 is 41.3. The Morgan fingerprint density at radius 3 is 2.22 bits per heavy atom. The molecule has 27 heavy (non-hydrogen) atoms. The van der Waals surface area contributed by atoms with Gasteiger partial charge in [-0.3, -0.25) is 4.68 Å². The second-order valence-corrected chi connectivity index (χ2v) is 8.38. The van der Waals surface area contributed by atoms with E-state index in [2.05, 4.69) is 10.4 Å². The standard InChI is InChI=1S/C17H22FN5O3S/c1-12-16(13(2)21(3)20-12)19-17(24)22-8-10-23(11-9-22)27(25,26)15-6-4-14(18)5-7-15/h4-7H,8-11H2,1-3H3,(H,19,24). The lowest BCUT2D eigenvalue weighted by molar-refractivity contribution is 0.184. The molecule has 3 rings (SSSR count). The molecule has 0 radical (unpaired) electrons. The van der Waals surface area contributed by atoms with E-state index in [9.17, 15) is 17.6 Å². The molecule has 1 aliphatic rings. The smallest absolute Gasteiger partial charge is 0.322 e. The van der Waals surface area contributed by atoms with Crippen molar-refractivity contribution in [2.45, 2.75) is 18.7 Å². The van der Waals surface area contributed by atoms with Gasteiger partial charge in [0.2, 0.25) is 10.0 Å². The molecular weight excluding hydrogens is 373 g/mol. The van der Waals surface area contributed by atoms with Gasteiger partial charge in [0.15, 0.2) is 0 Å². The van der Waals surface area contributed by atoms with E-state index in [1.807, 2.05) is 13.8 Å². The van der Waals surface area contributed by atoms with E-state index in [1.165, 1.54) is 16.4 Å². The number of urea groups is 1. The Labute approximate surface area is 157 Å². The monoisotopic (exact) mass is 395 g/mol. The first-order valence-corrected chi connectivity index (χ1v) is 9.96. The van der Waals surface area contributed by atoms with Gasteiger partial charge in [0.25, 0.3) is 0 Å². The molecule has 0 atom stereocenters. The summed E-state index contributed by atoms with van der Waals surface area (Å²) in [5, 5.41) is 7.12. The molecule has 0 unspecified atom stereocenters. The third-order valence-corrected chi connectivity index (χ3v) is 6.63. The fraction of sp³-hybridized carbons (Fsp3) is 0.412. The molecule has 8 nitrogen and oxygen atoms in total. The van der Waals surface area contributed by atoms with Crippen molar-refractivity contribution in [2.24, 2.45) is 7.05 Å². The number of benzene rings is 1. The molecule has 2 heterocycles. The molecule has 1 aromatic carbocycles. The minimum atomic E-state index is -3.70. The first kappa shape index (κ1) is 19.3. The van der Waals surface area contributed by atoms with Crippen molar-refractivity contribution in [3.63, 3.8) is 0 Å². The molecule has 0 bridgehead atoms. The number of hydrogen-bond donors (Lipinski definition) is 1. The number of hydrogen-bond acceptors (Lipinski definition) is 4. The maximum atomic E-state index is 13.0. The number of aryl methyl sites for hydroxylation is 2. The number of amides is 2. The van der Waals surface area contributed by atoms with Crippen LogP contribution in [0.4, 0.5) is 14.9 Å². The summed E-state index contributed by atoms with van der Waals surface area (Å²) in [4.78, 5) is 14.1. The van der Waals surface area contributed by atoms with Crippen LogP contribution in [0.1, 0.15) is 11.4 Å². The summed E-state index contributed by atoms with van der Waals surface area (Å²) >= 11 is 0. The number of halogens is 1. The highest BCUT2D eigenvalue weighted by atomic mass is 32.2. The zero-order chi connectivity index (χ0) is 19.8. The molecule has 2 aromatic rings. The van der Waals surface area contributed by atoms with Gasteiger partial charge in [-0.2, -0.15) is 9.40 Å². The average Bonchev–Trinajstić information content (AvgIpc) is 2.88. The maximum Gasteiger partial charge on any atom is 0.322 e. The van der Waals surface area contributed by atoms with Gasteiger partial charge in [0.1, 0.15) is 5.82 Å². The van der Waals surface area contributed by atoms with E-state index in [-0.39, 0.29) is 37.1 Å². The molecule has 10 heteroatoms. The Morgan fingerprint density at radius 1 is 1.11 bits per heavy atom. The van der Waals surface area contributed by atoms with Crippen LogP contribution in [0.5, 0.6) is 0 Å². The SMILES string of the molecule is Cc1nn(C)c(C)c1NC(=O)N1CCN(S(=O)(=O)c2ccc(F)cc2)CC1. The quantitative estimate of drug-likeness (QED) is 0.857. The van der Waals surface area contributed by atoms with E-state index in [4.69, 9.17) is 0 Å². The van der Waals surface area contributed by atoms with E-state index in [0.717, 1.165) is 23.5 Å². The van der Waals surface area contributed by atoms with Gasteiger partial charge in [-0.15, -0.1) is 0 Å². The van der Waals surface area contributed by atoms with Crippen LogP contribution < -0.4 is 5.32 Å². The molecule has 146 valence electrons. The lowest BCUT2D eigenvalue weighted by Crippen LogP contribution is -2.51. The fourth-order valence-corrected chi connectivity index (χ4v) is 4.45. The summed E-state index contributed by atoms with van der Waals surface area (Å²) in [5.41, 5.74) is 2.24. The van der Waals surface area contributed by atoms with Crippen LogP contribution in [-0.4, -0.2) is 59.6 Å².